The van der Waals surface area contributed by atoms with E-state index >= 15 is 0 Å². The lowest BCUT2D eigenvalue weighted by atomic mass is 10.2. The quantitative estimate of drug-likeness (QED) is 0.813. The van der Waals surface area contributed by atoms with Crippen LogP contribution in [0.15, 0.2) is 4.79 Å². The second kappa shape index (κ2) is 5.66. The fraction of sp³-hybridized carbons (Fsp3) is 0.583. The Morgan fingerprint density at radius 2 is 2.11 bits per heavy atom. The number of ether oxygens (including phenoxy) is 1. The van der Waals surface area contributed by atoms with Crippen molar-refractivity contribution in [2.45, 2.75) is 34.2 Å². The van der Waals surface area contributed by atoms with Crippen molar-refractivity contribution >= 4 is 5.97 Å². The second-order valence-corrected chi connectivity index (χ2v) is 4.40. The van der Waals surface area contributed by atoms with Crippen molar-refractivity contribution < 1.29 is 14.6 Å². The molecule has 1 N–H and O–H groups in total. The molecule has 0 aromatic carbocycles. The molecule has 1 aromatic rings. The van der Waals surface area contributed by atoms with Gasteiger partial charge in [-0.25, -0.2) is 9.78 Å². The molecular formula is C12H18N2O4. The lowest BCUT2D eigenvalue weighted by Gasteiger charge is -2.13. The normalized spacial score (nSPS) is 10.7. The molecule has 0 saturated carbocycles. The maximum atomic E-state index is 11.8. The molecule has 0 unspecified atom stereocenters. The van der Waals surface area contributed by atoms with E-state index in [1.165, 1.54) is 6.92 Å². The van der Waals surface area contributed by atoms with Crippen molar-refractivity contribution in [3.05, 3.63) is 21.7 Å². The number of esters is 1. The summed E-state index contributed by atoms with van der Waals surface area (Å²) >= 11 is 0. The highest BCUT2D eigenvalue weighted by Gasteiger charge is 2.21. The van der Waals surface area contributed by atoms with Gasteiger partial charge in [-0.3, -0.25) is 9.36 Å². The average molecular weight is 254 g/mol. The first-order chi connectivity index (χ1) is 8.38. The maximum Gasteiger partial charge on any atom is 0.362 e. The molecule has 0 aliphatic rings. The fourth-order valence-electron chi connectivity index (χ4n) is 1.56. The van der Waals surface area contributed by atoms with Gasteiger partial charge in [0.1, 0.15) is 5.69 Å². The molecule has 100 valence electrons. The smallest absolute Gasteiger partial charge is 0.362 e. The van der Waals surface area contributed by atoms with Crippen LogP contribution in [0.5, 0.6) is 5.88 Å². The molecule has 0 radical (unpaired) electrons. The van der Waals surface area contributed by atoms with Crippen LogP contribution in [0.1, 0.15) is 37.0 Å². The highest BCUT2D eigenvalue weighted by Crippen LogP contribution is 2.15. The number of carbonyl (C=O) groups excluding carboxylic acids is 1. The molecule has 0 saturated heterocycles. The van der Waals surface area contributed by atoms with Crippen molar-refractivity contribution in [2.75, 3.05) is 6.61 Å². The lowest BCUT2D eigenvalue weighted by molar-refractivity contribution is 0.0512. The fourth-order valence-corrected chi connectivity index (χ4v) is 1.56. The summed E-state index contributed by atoms with van der Waals surface area (Å²) in [5, 5.41) is 9.94. The standard InChI is InChI=1S/C12H18N2O4/c1-5-18-12(17)9-11(16)14(6-7(2)3)10(15)8(4)13-9/h7,16H,5-6H2,1-4H3. The van der Waals surface area contributed by atoms with Gasteiger partial charge in [-0.05, 0) is 19.8 Å². The van der Waals surface area contributed by atoms with Crippen LogP contribution in [0.3, 0.4) is 0 Å². The average Bonchev–Trinajstić information content (AvgIpc) is 2.29. The summed E-state index contributed by atoms with van der Waals surface area (Å²) in [7, 11) is 0. The molecule has 1 aromatic heterocycles. The molecule has 0 amide bonds. The first kappa shape index (κ1) is 14.2. The van der Waals surface area contributed by atoms with E-state index in [1.54, 1.807) is 6.92 Å². The summed E-state index contributed by atoms with van der Waals surface area (Å²) in [6, 6.07) is 0. The molecule has 0 fully saturated rings. The molecule has 0 spiro atoms. The molecule has 18 heavy (non-hydrogen) atoms. The largest absolute Gasteiger partial charge is 0.493 e. The number of rotatable bonds is 4. The molecule has 0 aliphatic carbocycles. The van der Waals surface area contributed by atoms with Crippen molar-refractivity contribution in [3.8, 4) is 5.88 Å². The topological polar surface area (TPSA) is 81.4 Å². The van der Waals surface area contributed by atoms with Gasteiger partial charge in [-0.2, -0.15) is 0 Å². The summed E-state index contributed by atoms with van der Waals surface area (Å²) in [4.78, 5) is 27.3. The SMILES string of the molecule is CCOC(=O)c1nc(C)c(=O)n(CC(C)C)c1O. The molecule has 6 nitrogen and oxygen atoms in total. The number of carbonyl (C=O) groups is 1. The van der Waals surface area contributed by atoms with Crippen molar-refractivity contribution in [2.24, 2.45) is 5.92 Å². The Bertz CT molecular complexity index is 506. The zero-order valence-electron chi connectivity index (χ0n) is 11.1. The van der Waals surface area contributed by atoms with Gasteiger partial charge in [-0.1, -0.05) is 13.8 Å². The van der Waals surface area contributed by atoms with Crippen LogP contribution < -0.4 is 5.56 Å². The third kappa shape index (κ3) is 2.88. The van der Waals surface area contributed by atoms with E-state index in [1.807, 2.05) is 13.8 Å². The van der Waals surface area contributed by atoms with Crippen molar-refractivity contribution in [1.82, 2.24) is 9.55 Å². The van der Waals surface area contributed by atoms with Gasteiger partial charge >= 0.3 is 5.97 Å². The van der Waals surface area contributed by atoms with E-state index in [4.69, 9.17) is 4.74 Å². The van der Waals surface area contributed by atoms with Crippen LogP contribution in [0.4, 0.5) is 0 Å². The minimum Gasteiger partial charge on any atom is -0.493 e. The Morgan fingerprint density at radius 1 is 1.50 bits per heavy atom. The number of hydrogen-bond donors (Lipinski definition) is 1. The Labute approximate surface area is 105 Å². The Hall–Kier alpha value is -1.85. The summed E-state index contributed by atoms with van der Waals surface area (Å²) < 4.78 is 5.94. The summed E-state index contributed by atoms with van der Waals surface area (Å²) in [6.07, 6.45) is 0. The van der Waals surface area contributed by atoms with Gasteiger partial charge in [0.2, 0.25) is 11.6 Å². The second-order valence-electron chi connectivity index (χ2n) is 4.40. The van der Waals surface area contributed by atoms with Gasteiger partial charge in [0.15, 0.2) is 0 Å². The predicted octanol–water partition coefficient (Wildman–Crippen LogP) is 1.09. The van der Waals surface area contributed by atoms with Crippen molar-refractivity contribution in [1.29, 1.82) is 0 Å². The maximum absolute atomic E-state index is 11.8. The van der Waals surface area contributed by atoms with Crippen LogP contribution in [0.25, 0.3) is 0 Å². The van der Waals surface area contributed by atoms with E-state index in [2.05, 4.69) is 4.98 Å². The summed E-state index contributed by atoms with van der Waals surface area (Å²) in [5.74, 6) is -1.00. The Kier molecular flexibility index (Phi) is 4.47. The number of aromatic hydroxyl groups is 1. The zero-order valence-corrected chi connectivity index (χ0v) is 11.1. The Balaban J connectivity index is 3.34. The van der Waals surface area contributed by atoms with Crippen LogP contribution in [0, 0.1) is 12.8 Å². The van der Waals surface area contributed by atoms with E-state index in [-0.39, 0.29) is 23.9 Å². The van der Waals surface area contributed by atoms with Crippen LogP contribution in [-0.4, -0.2) is 27.2 Å². The summed E-state index contributed by atoms with van der Waals surface area (Å²) in [5.41, 5.74) is -0.444. The van der Waals surface area contributed by atoms with E-state index in [9.17, 15) is 14.7 Å². The third-order valence-electron chi connectivity index (χ3n) is 2.32. The van der Waals surface area contributed by atoms with Gasteiger partial charge < -0.3 is 9.84 Å². The van der Waals surface area contributed by atoms with Gasteiger partial charge in [0, 0.05) is 6.54 Å². The minimum absolute atomic E-state index is 0.158. The first-order valence-corrected chi connectivity index (χ1v) is 5.86. The zero-order chi connectivity index (χ0) is 13.9. The highest BCUT2D eigenvalue weighted by molar-refractivity contribution is 5.89. The third-order valence-corrected chi connectivity index (χ3v) is 2.32. The van der Waals surface area contributed by atoms with Gasteiger partial charge in [0.05, 0.1) is 6.61 Å². The molecule has 0 aliphatic heterocycles. The summed E-state index contributed by atoms with van der Waals surface area (Å²) in [6.45, 7) is 7.48. The van der Waals surface area contributed by atoms with Gasteiger partial charge in [-0.15, -0.1) is 0 Å². The molecule has 0 bridgehead atoms. The predicted molar refractivity (Wildman–Crippen MR) is 65.7 cm³/mol. The minimum atomic E-state index is -0.726. The van der Waals surface area contributed by atoms with E-state index in [0.717, 1.165) is 4.57 Å². The Morgan fingerprint density at radius 3 is 2.61 bits per heavy atom. The monoisotopic (exact) mass is 254 g/mol. The number of aryl methyl sites for hydroxylation is 1. The number of nitrogens with zero attached hydrogens (tertiary/aromatic N) is 2. The number of aromatic nitrogens is 2. The molecule has 6 heteroatoms. The van der Waals surface area contributed by atoms with Crippen molar-refractivity contribution in [3.63, 3.8) is 0 Å². The van der Waals surface area contributed by atoms with Gasteiger partial charge in [0.25, 0.3) is 5.56 Å². The molecule has 1 rings (SSSR count). The van der Waals surface area contributed by atoms with E-state index < -0.39 is 17.4 Å². The molecule has 0 atom stereocenters. The molecule has 1 heterocycles. The van der Waals surface area contributed by atoms with Crippen LogP contribution in [0.2, 0.25) is 0 Å². The number of hydrogen-bond acceptors (Lipinski definition) is 5. The lowest BCUT2D eigenvalue weighted by Crippen LogP contribution is -2.28. The molecular weight excluding hydrogens is 236 g/mol. The first-order valence-electron chi connectivity index (χ1n) is 5.86. The van der Waals surface area contributed by atoms with Crippen LogP contribution in [-0.2, 0) is 11.3 Å². The van der Waals surface area contributed by atoms with E-state index in [0.29, 0.717) is 6.54 Å². The highest BCUT2D eigenvalue weighted by atomic mass is 16.5. The van der Waals surface area contributed by atoms with Crippen LogP contribution >= 0.6 is 0 Å².